The lowest BCUT2D eigenvalue weighted by Gasteiger charge is -2.35. The van der Waals surface area contributed by atoms with Gasteiger partial charge in [0.25, 0.3) is 0 Å². The maximum atomic E-state index is 5.26. The Balaban J connectivity index is 4.86. The second-order valence-electron chi connectivity index (χ2n) is 16.5. The van der Waals surface area contributed by atoms with E-state index in [1.54, 1.807) is 0 Å². The van der Waals surface area contributed by atoms with Crippen molar-refractivity contribution in [2.45, 2.75) is 284 Å². The van der Waals surface area contributed by atoms with Gasteiger partial charge in [-0.05, 0) is 37.5 Å². The third-order valence-corrected chi connectivity index (χ3v) is 11.7. The van der Waals surface area contributed by atoms with E-state index < -0.39 is 0 Å². The quantitative estimate of drug-likeness (QED) is 0.0584. The largest absolute Gasteiger partial charge is 0.385 e. The van der Waals surface area contributed by atoms with Gasteiger partial charge in [-0.3, -0.25) is 0 Å². The summed E-state index contributed by atoms with van der Waals surface area (Å²) < 4.78 is 5.26. The molecule has 0 aromatic rings. The van der Waals surface area contributed by atoms with E-state index in [9.17, 15) is 0 Å². The monoisotopic (exact) mass is 677 g/mol. The highest BCUT2D eigenvalue weighted by Gasteiger charge is 2.28. The lowest BCUT2D eigenvalue weighted by atomic mass is 9.70. The van der Waals surface area contributed by atoms with Crippen LogP contribution in [0.5, 0.6) is 0 Å². The molecule has 0 aromatic heterocycles. The maximum absolute atomic E-state index is 5.26. The number of rotatable bonds is 43. The first-order valence-electron chi connectivity index (χ1n) is 23.2. The van der Waals surface area contributed by atoms with Gasteiger partial charge in [0.1, 0.15) is 0 Å². The van der Waals surface area contributed by atoms with Crippen LogP contribution in [0.1, 0.15) is 284 Å². The molecule has 0 unspecified atom stereocenters. The summed E-state index contributed by atoms with van der Waals surface area (Å²) in [5.41, 5.74) is 0.652. The van der Waals surface area contributed by atoms with E-state index in [0.717, 1.165) is 6.61 Å². The van der Waals surface area contributed by atoms with E-state index in [2.05, 4.69) is 20.8 Å². The van der Waals surface area contributed by atoms with E-state index in [0.29, 0.717) is 5.41 Å². The lowest BCUT2D eigenvalue weighted by Crippen LogP contribution is -2.21. The average Bonchev–Trinajstić information content (AvgIpc) is 3.10. The molecule has 0 rings (SSSR count). The number of unbranched alkanes of at least 4 members (excludes halogenated alkanes) is 33. The Labute approximate surface area is 307 Å². The molecule has 0 aliphatic rings. The molecule has 0 N–H and O–H groups in total. The number of hydrogen-bond acceptors (Lipinski definition) is 1. The fourth-order valence-electron chi connectivity index (χ4n) is 8.34. The first-order chi connectivity index (χ1) is 23.7. The molecule has 1 nitrogen and oxygen atoms in total. The van der Waals surface area contributed by atoms with Crippen LogP contribution in [0.4, 0.5) is 0 Å². The molecule has 0 fully saturated rings. The van der Waals surface area contributed by atoms with Gasteiger partial charge in [-0.1, -0.05) is 252 Å². The Kier molecular flexibility index (Phi) is 41.3. The maximum Gasteiger partial charge on any atom is 0.0462 e. The van der Waals surface area contributed by atoms with Gasteiger partial charge in [-0.15, -0.1) is 0 Å². The van der Waals surface area contributed by atoms with Crippen molar-refractivity contribution in [3.8, 4) is 0 Å². The topological polar surface area (TPSA) is 9.23 Å². The van der Waals surface area contributed by atoms with Gasteiger partial charge in [0, 0.05) is 13.7 Å². The minimum absolute atomic E-state index is 0.652. The van der Waals surface area contributed by atoms with Crippen LogP contribution in [0.3, 0.4) is 0 Å². The molecule has 48 heavy (non-hydrogen) atoms. The first-order valence-corrected chi connectivity index (χ1v) is 23.2. The summed E-state index contributed by atoms with van der Waals surface area (Å²) in [4.78, 5) is 0. The molecule has 0 saturated heterocycles. The zero-order valence-electron chi connectivity index (χ0n) is 34.6. The molecule has 0 aliphatic heterocycles. The van der Waals surface area contributed by atoms with Crippen molar-refractivity contribution in [3.63, 3.8) is 0 Å². The van der Waals surface area contributed by atoms with Gasteiger partial charge in [0.05, 0.1) is 0 Å². The molecule has 0 spiro atoms. The van der Waals surface area contributed by atoms with Gasteiger partial charge in [-0.2, -0.15) is 0 Å². The van der Waals surface area contributed by atoms with Crippen molar-refractivity contribution in [1.29, 1.82) is 0 Å². The van der Waals surface area contributed by atoms with Crippen molar-refractivity contribution >= 4 is 0 Å². The molecular formula is C47H96O. The highest BCUT2D eigenvalue weighted by molar-refractivity contribution is 4.80. The number of methoxy groups -OCH3 is 1. The van der Waals surface area contributed by atoms with Crippen LogP contribution in [-0.2, 0) is 4.74 Å². The summed E-state index contributed by atoms with van der Waals surface area (Å²) in [6.07, 6.45) is 60.1. The van der Waals surface area contributed by atoms with E-state index >= 15 is 0 Å². The van der Waals surface area contributed by atoms with E-state index in [1.807, 2.05) is 7.11 Å². The highest BCUT2D eigenvalue weighted by atomic mass is 16.5. The lowest BCUT2D eigenvalue weighted by molar-refractivity contribution is 0.171. The minimum atomic E-state index is 0.652. The standard InChI is InChI=1S/C47H96O/c1-5-8-11-14-17-20-23-27-32-37-42-47(45-40-35-30-26-31-36-41-46-48-4,43-38-33-28-24-21-18-15-12-9-6-2)44-39-34-29-25-22-19-16-13-10-7-3/h5-46H2,1-4H3. The van der Waals surface area contributed by atoms with Gasteiger partial charge >= 0.3 is 0 Å². The van der Waals surface area contributed by atoms with Crippen LogP contribution in [0, 0.1) is 5.41 Å². The Bertz CT molecular complexity index is 495. The molecule has 0 aliphatic carbocycles. The second-order valence-corrected chi connectivity index (χ2v) is 16.5. The van der Waals surface area contributed by atoms with Crippen LogP contribution in [0.25, 0.3) is 0 Å². The number of hydrogen-bond donors (Lipinski definition) is 0. The summed E-state index contributed by atoms with van der Waals surface area (Å²) >= 11 is 0. The predicted octanol–water partition coefficient (Wildman–Crippen LogP) is 17.7. The van der Waals surface area contributed by atoms with Gasteiger partial charge in [0.15, 0.2) is 0 Å². The summed E-state index contributed by atoms with van der Waals surface area (Å²) in [5.74, 6) is 0. The van der Waals surface area contributed by atoms with Crippen molar-refractivity contribution in [3.05, 3.63) is 0 Å². The molecule has 0 bridgehead atoms. The minimum Gasteiger partial charge on any atom is -0.385 e. The highest BCUT2D eigenvalue weighted by Crippen LogP contribution is 2.42. The van der Waals surface area contributed by atoms with E-state index in [-0.39, 0.29) is 0 Å². The molecular weight excluding hydrogens is 581 g/mol. The molecule has 0 heterocycles. The molecule has 0 radical (unpaired) electrons. The Hall–Kier alpha value is -0.0400. The normalized spacial score (nSPS) is 12.0. The molecule has 0 saturated carbocycles. The van der Waals surface area contributed by atoms with Crippen LogP contribution in [-0.4, -0.2) is 13.7 Å². The molecule has 290 valence electrons. The van der Waals surface area contributed by atoms with Crippen LogP contribution < -0.4 is 0 Å². The van der Waals surface area contributed by atoms with Crippen molar-refractivity contribution < 1.29 is 4.74 Å². The summed E-state index contributed by atoms with van der Waals surface area (Å²) in [6, 6.07) is 0. The van der Waals surface area contributed by atoms with Crippen LogP contribution in [0.15, 0.2) is 0 Å². The van der Waals surface area contributed by atoms with Gasteiger partial charge in [0.2, 0.25) is 0 Å². The molecule has 0 aromatic carbocycles. The van der Waals surface area contributed by atoms with Gasteiger partial charge < -0.3 is 4.74 Å². The number of ether oxygens (including phenoxy) is 1. The van der Waals surface area contributed by atoms with Gasteiger partial charge in [-0.25, -0.2) is 0 Å². The average molecular weight is 677 g/mol. The SMILES string of the molecule is CCCCCCCCCCCCC(CCCCCCCCCCCC)(CCCCCCCCCCCC)CCCCCCCCCOC. The zero-order valence-corrected chi connectivity index (χ0v) is 34.6. The molecule has 1 heteroatoms. The summed E-state index contributed by atoms with van der Waals surface area (Å²) in [6.45, 7) is 7.94. The van der Waals surface area contributed by atoms with Crippen molar-refractivity contribution in [2.24, 2.45) is 5.41 Å². The Morgan fingerprint density at radius 2 is 0.438 bits per heavy atom. The second kappa shape index (κ2) is 41.4. The smallest absolute Gasteiger partial charge is 0.0462 e. The first kappa shape index (κ1) is 48.0. The summed E-state index contributed by atoms with van der Waals surface area (Å²) in [7, 11) is 1.84. The fourth-order valence-corrected chi connectivity index (χ4v) is 8.34. The summed E-state index contributed by atoms with van der Waals surface area (Å²) in [5, 5.41) is 0. The Morgan fingerprint density at radius 1 is 0.250 bits per heavy atom. The van der Waals surface area contributed by atoms with Crippen LogP contribution >= 0.6 is 0 Å². The molecule has 0 atom stereocenters. The van der Waals surface area contributed by atoms with E-state index in [4.69, 9.17) is 4.74 Å². The van der Waals surface area contributed by atoms with Crippen molar-refractivity contribution in [2.75, 3.05) is 13.7 Å². The third kappa shape index (κ3) is 35.8. The molecule has 0 amide bonds. The van der Waals surface area contributed by atoms with E-state index in [1.165, 1.54) is 263 Å². The van der Waals surface area contributed by atoms with Crippen LogP contribution in [0.2, 0.25) is 0 Å². The Morgan fingerprint density at radius 3 is 0.646 bits per heavy atom. The van der Waals surface area contributed by atoms with Crippen molar-refractivity contribution in [1.82, 2.24) is 0 Å². The zero-order chi connectivity index (χ0) is 34.9. The third-order valence-electron chi connectivity index (χ3n) is 11.7. The predicted molar refractivity (Wildman–Crippen MR) is 221 cm³/mol. The fraction of sp³-hybridized carbons (Fsp3) is 1.00.